The van der Waals surface area contributed by atoms with Gasteiger partial charge >= 0.3 is 6.18 Å². The van der Waals surface area contributed by atoms with Crippen molar-refractivity contribution in [2.45, 2.75) is 6.18 Å². The zero-order chi connectivity index (χ0) is 14.5. The molecule has 0 unspecified atom stereocenters. The van der Waals surface area contributed by atoms with Gasteiger partial charge in [-0.2, -0.15) is 13.2 Å². The quantitative estimate of drug-likeness (QED) is 0.839. The summed E-state index contributed by atoms with van der Waals surface area (Å²) in [5, 5.41) is 2.54. The molecule has 1 aromatic rings. The van der Waals surface area contributed by atoms with Crippen LogP contribution in [0.5, 0.6) is 11.5 Å². The SMILES string of the molecule is COc1cc(NC=CC(=O)C(F)(F)F)cc(OC)c1. The minimum atomic E-state index is -4.87. The van der Waals surface area contributed by atoms with Crippen LogP contribution in [0.15, 0.2) is 30.5 Å². The largest absolute Gasteiger partial charge is 0.497 e. The molecule has 1 rings (SSSR count). The summed E-state index contributed by atoms with van der Waals surface area (Å²) in [4.78, 5) is 10.6. The van der Waals surface area contributed by atoms with Crippen LogP contribution in [0, 0.1) is 0 Å². The first-order valence-electron chi connectivity index (χ1n) is 5.14. The third-order valence-corrected chi connectivity index (χ3v) is 2.12. The molecule has 0 aliphatic rings. The van der Waals surface area contributed by atoms with E-state index in [0.717, 1.165) is 6.20 Å². The van der Waals surface area contributed by atoms with E-state index < -0.39 is 12.0 Å². The average molecular weight is 275 g/mol. The van der Waals surface area contributed by atoms with Gasteiger partial charge in [0.1, 0.15) is 11.5 Å². The van der Waals surface area contributed by atoms with E-state index in [2.05, 4.69) is 5.32 Å². The van der Waals surface area contributed by atoms with E-state index in [1.54, 1.807) is 18.2 Å². The van der Waals surface area contributed by atoms with Crippen LogP contribution < -0.4 is 14.8 Å². The molecule has 0 aromatic heterocycles. The third kappa shape index (κ3) is 4.53. The lowest BCUT2D eigenvalue weighted by Crippen LogP contribution is -2.20. The van der Waals surface area contributed by atoms with Crippen molar-refractivity contribution in [3.05, 3.63) is 30.5 Å². The number of hydrogen-bond donors (Lipinski definition) is 1. The number of ketones is 1. The summed E-state index contributed by atoms with van der Waals surface area (Å²) in [5.41, 5.74) is 0.433. The number of alkyl halides is 3. The molecule has 0 amide bonds. The maximum atomic E-state index is 11.9. The van der Waals surface area contributed by atoms with E-state index in [0.29, 0.717) is 23.3 Å². The molecule has 0 heterocycles. The van der Waals surface area contributed by atoms with Crippen molar-refractivity contribution in [3.63, 3.8) is 0 Å². The Morgan fingerprint density at radius 3 is 2.11 bits per heavy atom. The second-order valence-electron chi connectivity index (χ2n) is 3.44. The summed E-state index contributed by atoms with van der Waals surface area (Å²) in [6.07, 6.45) is -3.56. The van der Waals surface area contributed by atoms with Crippen molar-refractivity contribution < 1.29 is 27.4 Å². The fraction of sp³-hybridized carbons (Fsp3) is 0.250. The lowest BCUT2D eigenvalue weighted by atomic mass is 10.2. The van der Waals surface area contributed by atoms with Gasteiger partial charge in [0.05, 0.1) is 14.2 Å². The number of halogens is 3. The van der Waals surface area contributed by atoms with Crippen LogP contribution in [-0.2, 0) is 4.79 Å². The van der Waals surface area contributed by atoms with Crippen molar-refractivity contribution in [2.24, 2.45) is 0 Å². The number of benzene rings is 1. The van der Waals surface area contributed by atoms with Gasteiger partial charge in [-0.15, -0.1) is 0 Å². The predicted molar refractivity (Wildman–Crippen MR) is 63.4 cm³/mol. The normalized spacial score (nSPS) is 11.4. The number of nitrogens with one attached hydrogen (secondary N) is 1. The predicted octanol–water partition coefficient (Wildman–Crippen LogP) is 2.76. The molecule has 1 aromatic carbocycles. The number of allylic oxidation sites excluding steroid dienone is 1. The number of ether oxygens (including phenoxy) is 2. The van der Waals surface area contributed by atoms with Gasteiger partial charge in [-0.3, -0.25) is 4.79 Å². The fourth-order valence-corrected chi connectivity index (χ4v) is 1.20. The Balaban J connectivity index is 2.77. The highest BCUT2D eigenvalue weighted by molar-refractivity contribution is 5.94. The molecule has 0 atom stereocenters. The molecule has 0 saturated heterocycles. The molecular weight excluding hydrogens is 263 g/mol. The fourth-order valence-electron chi connectivity index (χ4n) is 1.20. The van der Waals surface area contributed by atoms with E-state index in [1.807, 2.05) is 0 Å². The molecule has 0 fully saturated rings. The van der Waals surface area contributed by atoms with E-state index in [9.17, 15) is 18.0 Å². The number of methoxy groups -OCH3 is 2. The zero-order valence-electron chi connectivity index (χ0n) is 10.2. The van der Waals surface area contributed by atoms with E-state index in [-0.39, 0.29) is 0 Å². The minimum Gasteiger partial charge on any atom is -0.497 e. The second-order valence-corrected chi connectivity index (χ2v) is 3.44. The summed E-state index contributed by atoms with van der Waals surface area (Å²) in [5.74, 6) is -0.996. The standard InChI is InChI=1S/C12H12F3NO3/c1-18-9-5-8(6-10(7-9)19-2)16-4-3-11(17)12(13,14)15/h3-7,16H,1-2H3. The highest BCUT2D eigenvalue weighted by Gasteiger charge is 2.35. The van der Waals surface area contributed by atoms with Crippen molar-refractivity contribution in [2.75, 3.05) is 19.5 Å². The van der Waals surface area contributed by atoms with Crippen LogP contribution in [0.25, 0.3) is 0 Å². The number of carbonyl (C=O) groups excluding carboxylic acids is 1. The first kappa shape index (κ1) is 14.9. The molecule has 0 aliphatic heterocycles. The lowest BCUT2D eigenvalue weighted by Gasteiger charge is -2.08. The molecule has 104 valence electrons. The molecule has 4 nitrogen and oxygen atoms in total. The molecule has 0 spiro atoms. The Morgan fingerprint density at radius 2 is 1.68 bits per heavy atom. The van der Waals surface area contributed by atoms with E-state index >= 15 is 0 Å². The average Bonchev–Trinajstić information content (AvgIpc) is 2.37. The highest BCUT2D eigenvalue weighted by Crippen LogP contribution is 2.25. The van der Waals surface area contributed by atoms with Gasteiger partial charge in [0, 0.05) is 36.2 Å². The molecule has 0 bridgehead atoms. The second kappa shape index (κ2) is 6.12. The molecule has 7 heteroatoms. The van der Waals surface area contributed by atoms with Crippen LogP contribution in [0.1, 0.15) is 0 Å². The number of rotatable bonds is 5. The van der Waals surface area contributed by atoms with Crippen LogP contribution in [-0.4, -0.2) is 26.2 Å². The minimum absolute atomic E-state index is 0.409. The van der Waals surface area contributed by atoms with E-state index in [1.165, 1.54) is 14.2 Å². The van der Waals surface area contributed by atoms with Gasteiger partial charge in [-0.25, -0.2) is 0 Å². The van der Waals surface area contributed by atoms with Gasteiger partial charge in [0.25, 0.3) is 5.78 Å². The molecule has 0 aliphatic carbocycles. The molecule has 19 heavy (non-hydrogen) atoms. The zero-order valence-corrected chi connectivity index (χ0v) is 10.2. The summed E-state index contributed by atoms with van der Waals surface area (Å²) < 4.78 is 45.8. The van der Waals surface area contributed by atoms with Crippen LogP contribution >= 0.6 is 0 Å². The van der Waals surface area contributed by atoms with Crippen molar-refractivity contribution >= 4 is 11.5 Å². The van der Waals surface area contributed by atoms with E-state index in [4.69, 9.17) is 9.47 Å². The Morgan fingerprint density at radius 1 is 1.16 bits per heavy atom. The van der Waals surface area contributed by atoms with Crippen molar-refractivity contribution in [1.82, 2.24) is 0 Å². The smallest absolute Gasteiger partial charge is 0.454 e. The Bertz CT molecular complexity index is 461. The van der Waals surface area contributed by atoms with Crippen molar-refractivity contribution in [3.8, 4) is 11.5 Å². The Labute approximate surface area is 107 Å². The molecular formula is C12H12F3NO3. The summed E-state index contributed by atoms with van der Waals surface area (Å²) >= 11 is 0. The summed E-state index contributed by atoms with van der Waals surface area (Å²) in [6, 6.07) is 4.70. The molecule has 1 N–H and O–H groups in total. The van der Waals surface area contributed by atoms with Gasteiger partial charge in [-0.05, 0) is 0 Å². The third-order valence-electron chi connectivity index (χ3n) is 2.12. The number of carbonyl (C=O) groups is 1. The van der Waals surface area contributed by atoms with Crippen LogP contribution in [0.2, 0.25) is 0 Å². The first-order chi connectivity index (χ1) is 8.86. The van der Waals surface area contributed by atoms with Gasteiger partial charge in [0.15, 0.2) is 0 Å². The van der Waals surface area contributed by atoms with Gasteiger partial charge < -0.3 is 14.8 Å². The van der Waals surface area contributed by atoms with Crippen LogP contribution in [0.4, 0.5) is 18.9 Å². The van der Waals surface area contributed by atoms with Crippen LogP contribution in [0.3, 0.4) is 0 Å². The maximum absolute atomic E-state index is 11.9. The highest BCUT2D eigenvalue weighted by atomic mass is 19.4. The lowest BCUT2D eigenvalue weighted by molar-refractivity contribution is -0.165. The summed E-state index contributed by atoms with van der Waals surface area (Å²) in [6.45, 7) is 0. The van der Waals surface area contributed by atoms with Gasteiger partial charge in [0.2, 0.25) is 0 Å². The first-order valence-corrected chi connectivity index (χ1v) is 5.14. The topological polar surface area (TPSA) is 47.6 Å². The summed E-state index contributed by atoms with van der Waals surface area (Å²) in [7, 11) is 2.89. The number of hydrogen-bond acceptors (Lipinski definition) is 4. The Hall–Kier alpha value is -2.18. The number of anilines is 1. The van der Waals surface area contributed by atoms with Gasteiger partial charge in [-0.1, -0.05) is 0 Å². The monoisotopic (exact) mass is 275 g/mol. The maximum Gasteiger partial charge on any atom is 0.454 e. The Kier molecular flexibility index (Phi) is 4.80. The van der Waals surface area contributed by atoms with Crippen molar-refractivity contribution in [1.29, 1.82) is 0 Å². The molecule has 0 saturated carbocycles. The molecule has 0 radical (unpaired) electrons.